The number of hydrogen-bond donors (Lipinski definition) is 2. The third-order valence-corrected chi connectivity index (χ3v) is 3.76. The van der Waals surface area contributed by atoms with E-state index in [9.17, 15) is 0 Å². The van der Waals surface area contributed by atoms with Crippen LogP contribution in [-0.4, -0.2) is 9.97 Å². The molecule has 0 aliphatic carbocycles. The lowest BCUT2D eigenvalue weighted by atomic mass is 10.1. The van der Waals surface area contributed by atoms with Gasteiger partial charge in [0.05, 0.1) is 5.39 Å². The summed E-state index contributed by atoms with van der Waals surface area (Å²) in [7, 11) is 0. The van der Waals surface area contributed by atoms with Crippen molar-refractivity contribution in [2.45, 2.75) is 13.3 Å². The van der Waals surface area contributed by atoms with E-state index >= 15 is 0 Å². The monoisotopic (exact) mass is 270 g/mol. The number of anilines is 1. The molecule has 0 unspecified atom stereocenters. The first kappa shape index (κ1) is 12.1. The van der Waals surface area contributed by atoms with Crippen LogP contribution in [0.1, 0.15) is 17.0 Å². The van der Waals surface area contributed by atoms with Gasteiger partial charge in [0.2, 0.25) is 0 Å². The molecule has 3 rings (SSSR count). The Hall–Kier alpha value is -1.98. The SMILES string of the molecule is Cc1cccc(Cc2nc(NN)c3ccsc3n2)c1. The van der Waals surface area contributed by atoms with Gasteiger partial charge in [0.25, 0.3) is 0 Å². The maximum Gasteiger partial charge on any atom is 0.152 e. The van der Waals surface area contributed by atoms with Crippen LogP contribution in [0.25, 0.3) is 10.2 Å². The molecule has 19 heavy (non-hydrogen) atoms. The number of fused-ring (bicyclic) bond motifs is 1. The Labute approximate surface area is 115 Å². The molecule has 2 aromatic heterocycles. The first-order valence-electron chi connectivity index (χ1n) is 6.02. The molecule has 0 bridgehead atoms. The number of rotatable bonds is 3. The highest BCUT2D eigenvalue weighted by Crippen LogP contribution is 2.25. The number of benzene rings is 1. The number of nitrogens with two attached hydrogens (primary N) is 1. The van der Waals surface area contributed by atoms with Gasteiger partial charge in [-0.15, -0.1) is 11.3 Å². The number of hydrazine groups is 1. The lowest BCUT2D eigenvalue weighted by Gasteiger charge is -2.06. The molecule has 0 amide bonds. The van der Waals surface area contributed by atoms with E-state index in [2.05, 4.69) is 46.6 Å². The standard InChI is InChI=1S/C14H14N4S/c1-9-3-2-4-10(7-9)8-12-16-13(18-15)11-5-6-19-14(11)17-12/h2-7H,8,15H2,1H3,(H,16,17,18). The zero-order chi connectivity index (χ0) is 13.2. The van der Waals surface area contributed by atoms with Crippen molar-refractivity contribution in [1.29, 1.82) is 0 Å². The van der Waals surface area contributed by atoms with E-state index in [1.807, 2.05) is 11.4 Å². The van der Waals surface area contributed by atoms with Gasteiger partial charge in [-0.05, 0) is 23.9 Å². The molecule has 0 radical (unpaired) electrons. The van der Waals surface area contributed by atoms with Crippen molar-refractivity contribution in [2.24, 2.45) is 5.84 Å². The molecule has 0 fully saturated rings. The van der Waals surface area contributed by atoms with Gasteiger partial charge >= 0.3 is 0 Å². The number of nitrogens with zero attached hydrogens (tertiary/aromatic N) is 2. The number of aromatic nitrogens is 2. The van der Waals surface area contributed by atoms with E-state index in [4.69, 9.17) is 5.84 Å². The zero-order valence-corrected chi connectivity index (χ0v) is 11.4. The summed E-state index contributed by atoms with van der Waals surface area (Å²) >= 11 is 1.60. The summed E-state index contributed by atoms with van der Waals surface area (Å²) in [5, 5.41) is 2.97. The molecular weight excluding hydrogens is 256 g/mol. The van der Waals surface area contributed by atoms with Crippen LogP contribution < -0.4 is 11.3 Å². The molecule has 0 aliphatic heterocycles. The van der Waals surface area contributed by atoms with Gasteiger partial charge in [0.15, 0.2) is 5.82 Å². The molecule has 3 N–H and O–H groups in total. The van der Waals surface area contributed by atoms with E-state index in [-0.39, 0.29) is 0 Å². The van der Waals surface area contributed by atoms with Crippen LogP contribution in [0.15, 0.2) is 35.7 Å². The minimum absolute atomic E-state index is 0.689. The fourth-order valence-corrected chi connectivity index (χ4v) is 2.88. The van der Waals surface area contributed by atoms with Gasteiger partial charge in [-0.2, -0.15) is 0 Å². The van der Waals surface area contributed by atoms with Crippen molar-refractivity contribution in [3.05, 3.63) is 52.7 Å². The molecule has 5 heteroatoms. The average molecular weight is 270 g/mol. The van der Waals surface area contributed by atoms with Crippen LogP contribution >= 0.6 is 11.3 Å². The third kappa shape index (κ3) is 2.43. The summed E-state index contributed by atoms with van der Waals surface area (Å²) in [6.45, 7) is 2.08. The molecular formula is C14H14N4S. The highest BCUT2D eigenvalue weighted by Gasteiger charge is 2.08. The van der Waals surface area contributed by atoms with Crippen LogP contribution in [0.5, 0.6) is 0 Å². The van der Waals surface area contributed by atoms with E-state index in [1.165, 1.54) is 11.1 Å². The Kier molecular flexibility index (Phi) is 3.15. The second-order valence-electron chi connectivity index (χ2n) is 4.44. The van der Waals surface area contributed by atoms with E-state index in [0.29, 0.717) is 12.2 Å². The fraction of sp³-hybridized carbons (Fsp3) is 0.143. The molecule has 0 saturated carbocycles. The Balaban J connectivity index is 2.01. The Bertz CT molecular complexity index is 720. The molecule has 0 aliphatic rings. The van der Waals surface area contributed by atoms with Crippen molar-refractivity contribution in [1.82, 2.24) is 9.97 Å². The Morgan fingerprint density at radius 1 is 1.26 bits per heavy atom. The summed E-state index contributed by atoms with van der Waals surface area (Å²) in [5.41, 5.74) is 5.10. The quantitative estimate of drug-likeness (QED) is 0.567. The Morgan fingerprint density at radius 3 is 2.95 bits per heavy atom. The second kappa shape index (κ2) is 4.95. The highest BCUT2D eigenvalue weighted by atomic mass is 32.1. The molecule has 0 saturated heterocycles. The summed E-state index contributed by atoms with van der Waals surface area (Å²) in [6.07, 6.45) is 0.713. The molecule has 1 aromatic carbocycles. The maximum absolute atomic E-state index is 5.53. The highest BCUT2D eigenvalue weighted by molar-refractivity contribution is 7.16. The number of thiophene rings is 1. The van der Waals surface area contributed by atoms with Crippen molar-refractivity contribution >= 4 is 27.4 Å². The van der Waals surface area contributed by atoms with Crippen molar-refractivity contribution < 1.29 is 0 Å². The van der Waals surface area contributed by atoms with Gasteiger partial charge in [0.1, 0.15) is 10.7 Å². The predicted molar refractivity (Wildman–Crippen MR) is 79.2 cm³/mol. The maximum atomic E-state index is 5.53. The summed E-state index contributed by atoms with van der Waals surface area (Å²) in [6, 6.07) is 10.4. The summed E-state index contributed by atoms with van der Waals surface area (Å²) in [4.78, 5) is 10.0. The van der Waals surface area contributed by atoms with Crippen molar-refractivity contribution in [3.63, 3.8) is 0 Å². The average Bonchev–Trinajstić information content (AvgIpc) is 2.86. The van der Waals surface area contributed by atoms with E-state index < -0.39 is 0 Å². The smallest absolute Gasteiger partial charge is 0.152 e. The third-order valence-electron chi connectivity index (χ3n) is 2.95. The predicted octanol–water partition coefficient (Wildman–Crippen LogP) is 2.88. The number of aryl methyl sites for hydroxylation is 1. The van der Waals surface area contributed by atoms with Gasteiger partial charge < -0.3 is 5.43 Å². The molecule has 0 spiro atoms. The number of hydrogen-bond acceptors (Lipinski definition) is 5. The molecule has 4 nitrogen and oxygen atoms in total. The van der Waals surface area contributed by atoms with Crippen LogP contribution in [-0.2, 0) is 6.42 Å². The first-order chi connectivity index (χ1) is 9.26. The number of nitrogens with one attached hydrogen (secondary N) is 1. The zero-order valence-electron chi connectivity index (χ0n) is 10.6. The van der Waals surface area contributed by atoms with Gasteiger partial charge in [-0.3, -0.25) is 0 Å². The summed E-state index contributed by atoms with van der Waals surface area (Å²) in [5.74, 6) is 7.00. The fourth-order valence-electron chi connectivity index (χ4n) is 2.09. The van der Waals surface area contributed by atoms with Crippen LogP contribution in [0.4, 0.5) is 5.82 Å². The molecule has 96 valence electrons. The molecule has 3 aromatic rings. The van der Waals surface area contributed by atoms with Crippen molar-refractivity contribution in [2.75, 3.05) is 5.43 Å². The van der Waals surface area contributed by atoms with Gasteiger partial charge in [-0.25, -0.2) is 15.8 Å². The van der Waals surface area contributed by atoms with Crippen LogP contribution in [0.2, 0.25) is 0 Å². The topological polar surface area (TPSA) is 63.8 Å². The van der Waals surface area contributed by atoms with Gasteiger partial charge in [-0.1, -0.05) is 29.8 Å². The molecule has 2 heterocycles. The van der Waals surface area contributed by atoms with E-state index in [1.54, 1.807) is 11.3 Å². The van der Waals surface area contributed by atoms with Gasteiger partial charge in [0, 0.05) is 6.42 Å². The summed E-state index contributed by atoms with van der Waals surface area (Å²) < 4.78 is 0. The largest absolute Gasteiger partial charge is 0.308 e. The Morgan fingerprint density at radius 2 is 2.16 bits per heavy atom. The lowest BCUT2D eigenvalue weighted by Crippen LogP contribution is -2.10. The van der Waals surface area contributed by atoms with Crippen LogP contribution in [0.3, 0.4) is 0 Å². The second-order valence-corrected chi connectivity index (χ2v) is 5.33. The van der Waals surface area contributed by atoms with Crippen LogP contribution in [0, 0.1) is 6.92 Å². The lowest BCUT2D eigenvalue weighted by molar-refractivity contribution is 0.991. The minimum atomic E-state index is 0.689. The first-order valence-corrected chi connectivity index (χ1v) is 6.90. The number of nitrogen functional groups attached to an aromatic ring is 1. The van der Waals surface area contributed by atoms with E-state index in [0.717, 1.165) is 16.0 Å². The van der Waals surface area contributed by atoms with Crippen molar-refractivity contribution in [3.8, 4) is 0 Å². The minimum Gasteiger partial charge on any atom is -0.308 e. The molecule has 0 atom stereocenters. The normalized spacial score (nSPS) is 10.8.